The molecular formula is C12H16O5. The van der Waals surface area contributed by atoms with E-state index in [0.717, 1.165) is 5.56 Å². The second kappa shape index (κ2) is 6.88. The van der Waals surface area contributed by atoms with Gasteiger partial charge < -0.3 is 19.7 Å². The second-order valence-electron chi connectivity index (χ2n) is 3.47. The van der Waals surface area contributed by atoms with Gasteiger partial charge in [0.1, 0.15) is 12.4 Å². The number of carboxylic acid groups (broad SMARTS) is 1. The zero-order valence-corrected chi connectivity index (χ0v) is 9.68. The number of aryl methyl sites for hydroxylation is 1. The predicted molar refractivity (Wildman–Crippen MR) is 61.5 cm³/mol. The molecule has 0 heterocycles. The number of hydrogen-bond acceptors (Lipinski definition) is 4. The first-order valence-corrected chi connectivity index (χ1v) is 5.30. The maximum Gasteiger partial charge on any atom is 0.335 e. The van der Waals surface area contributed by atoms with Crippen LogP contribution in [0.15, 0.2) is 18.2 Å². The van der Waals surface area contributed by atoms with E-state index in [2.05, 4.69) is 0 Å². The van der Waals surface area contributed by atoms with Crippen molar-refractivity contribution in [3.8, 4) is 5.75 Å². The summed E-state index contributed by atoms with van der Waals surface area (Å²) in [5.74, 6) is -0.441. The summed E-state index contributed by atoms with van der Waals surface area (Å²) in [4.78, 5) is 10.8. The summed E-state index contributed by atoms with van der Waals surface area (Å²) >= 11 is 0. The Morgan fingerprint density at radius 1 is 1.29 bits per heavy atom. The van der Waals surface area contributed by atoms with Crippen LogP contribution in [-0.2, 0) is 4.74 Å². The maximum atomic E-state index is 10.8. The minimum absolute atomic E-state index is 0.0203. The van der Waals surface area contributed by atoms with Crippen LogP contribution < -0.4 is 4.74 Å². The molecule has 0 aliphatic heterocycles. The van der Waals surface area contributed by atoms with Crippen LogP contribution in [0.25, 0.3) is 0 Å². The van der Waals surface area contributed by atoms with Crippen molar-refractivity contribution in [1.29, 1.82) is 0 Å². The van der Waals surface area contributed by atoms with E-state index < -0.39 is 5.97 Å². The third-order valence-corrected chi connectivity index (χ3v) is 2.16. The number of aliphatic hydroxyl groups is 1. The molecule has 0 spiro atoms. The molecule has 2 N–H and O–H groups in total. The molecule has 0 saturated heterocycles. The summed E-state index contributed by atoms with van der Waals surface area (Å²) in [6.07, 6.45) is 0. The van der Waals surface area contributed by atoms with Crippen molar-refractivity contribution in [3.63, 3.8) is 0 Å². The zero-order chi connectivity index (χ0) is 12.7. The summed E-state index contributed by atoms with van der Waals surface area (Å²) < 4.78 is 10.4. The molecular weight excluding hydrogens is 224 g/mol. The number of rotatable bonds is 7. The lowest BCUT2D eigenvalue weighted by molar-refractivity contribution is 0.0686. The Morgan fingerprint density at radius 2 is 2.06 bits per heavy atom. The van der Waals surface area contributed by atoms with Gasteiger partial charge in [-0.3, -0.25) is 0 Å². The van der Waals surface area contributed by atoms with Crippen molar-refractivity contribution >= 4 is 5.97 Å². The molecule has 1 aromatic rings. The van der Waals surface area contributed by atoms with Crippen molar-refractivity contribution in [3.05, 3.63) is 29.3 Å². The fourth-order valence-electron chi connectivity index (χ4n) is 1.27. The van der Waals surface area contributed by atoms with Crippen LogP contribution in [0.3, 0.4) is 0 Å². The van der Waals surface area contributed by atoms with Gasteiger partial charge in [0.25, 0.3) is 0 Å². The Bertz CT molecular complexity index is 375. The zero-order valence-electron chi connectivity index (χ0n) is 9.68. The van der Waals surface area contributed by atoms with Crippen LogP contribution in [-0.4, -0.2) is 42.6 Å². The van der Waals surface area contributed by atoms with Crippen LogP contribution in [0.1, 0.15) is 15.9 Å². The molecule has 1 rings (SSSR count). The Balaban J connectivity index is 2.51. The van der Waals surface area contributed by atoms with Crippen LogP contribution in [0.2, 0.25) is 0 Å². The van der Waals surface area contributed by atoms with Gasteiger partial charge in [0.2, 0.25) is 0 Å². The fraction of sp³-hybridized carbons (Fsp3) is 0.417. The number of aliphatic hydroxyl groups excluding tert-OH is 1. The summed E-state index contributed by atoms with van der Waals surface area (Å²) in [6.45, 7) is 2.78. The first kappa shape index (κ1) is 13.5. The van der Waals surface area contributed by atoms with E-state index in [1.807, 2.05) is 6.92 Å². The topological polar surface area (TPSA) is 76.0 Å². The molecule has 0 atom stereocenters. The summed E-state index contributed by atoms with van der Waals surface area (Å²) in [5, 5.41) is 17.3. The molecule has 0 aliphatic carbocycles. The normalized spacial score (nSPS) is 10.2. The first-order valence-electron chi connectivity index (χ1n) is 5.30. The molecule has 5 nitrogen and oxygen atoms in total. The highest BCUT2D eigenvalue weighted by Gasteiger charge is 2.06. The SMILES string of the molecule is Cc1ccc(C(=O)O)cc1OCCOCCO. The highest BCUT2D eigenvalue weighted by atomic mass is 16.5. The highest BCUT2D eigenvalue weighted by molar-refractivity contribution is 5.88. The minimum atomic E-state index is -0.980. The smallest absolute Gasteiger partial charge is 0.335 e. The molecule has 0 fully saturated rings. The van der Waals surface area contributed by atoms with Crippen LogP contribution in [0.4, 0.5) is 0 Å². The average Bonchev–Trinajstić information content (AvgIpc) is 2.30. The largest absolute Gasteiger partial charge is 0.491 e. The third-order valence-electron chi connectivity index (χ3n) is 2.16. The number of carbonyl (C=O) groups is 1. The molecule has 0 bridgehead atoms. The monoisotopic (exact) mass is 240 g/mol. The van der Waals surface area contributed by atoms with Gasteiger partial charge >= 0.3 is 5.97 Å². The molecule has 94 valence electrons. The molecule has 17 heavy (non-hydrogen) atoms. The molecule has 0 aromatic heterocycles. The van der Waals surface area contributed by atoms with Gasteiger partial charge in [0.15, 0.2) is 0 Å². The van der Waals surface area contributed by atoms with Crippen LogP contribution >= 0.6 is 0 Å². The van der Waals surface area contributed by atoms with E-state index in [9.17, 15) is 4.79 Å². The first-order chi connectivity index (χ1) is 8.15. The number of hydrogen-bond donors (Lipinski definition) is 2. The molecule has 0 aliphatic rings. The van der Waals surface area contributed by atoms with Gasteiger partial charge in [0.05, 0.1) is 25.4 Å². The summed E-state index contributed by atoms with van der Waals surface area (Å²) in [7, 11) is 0. The minimum Gasteiger partial charge on any atom is -0.491 e. The quantitative estimate of drug-likeness (QED) is 0.697. The fourth-order valence-corrected chi connectivity index (χ4v) is 1.27. The Morgan fingerprint density at radius 3 is 2.71 bits per heavy atom. The van der Waals surface area contributed by atoms with E-state index in [4.69, 9.17) is 19.7 Å². The van der Waals surface area contributed by atoms with E-state index in [1.54, 1.807) is 6.07 Å². The van der Waals surface area contributed by atoms with E-state index in [0.29, 0.717) is 19.0 Å². The van der Waals surface area contributed by atoms with Gasteiger partial charge in [-0.05, 0) is 24.6 Å². The lowest BCUT2D eigenvalue weighted by Crippen LogP contribution is -2.10. The number of ether oxygens (including phenoxy) is 2. The summed E-state index contributed by atoms with van der Waals surface area (Å²) in [6, 6.07) is 4.73. The maximum absolute atomic E-state index is 10.8. The number of carboxylic acids is 1. The Hall–Kier alpha value is -1.59. The Kier molecular flexibility index (Phi) is 5.45. The highest BCUT2D eigenvalue weighted by Crippen LogP contribution is 2.19. The van der Waals surface area contributed by atoms with Gasteiger partial charge in [-0.1, -0.05) is 6.07 Å². The van der Waals surface area contributed by atoms with E-state index in [1.165, 1.54) is 12.1 Å². The van der Waals surface area contributed by atoms with Crippen molar-refractivity contribution in [1.82, 2.24) is 0 Å². The van der Waals surface area contributed by atoms with Gasteiger partial charge in [-0.15, -0.1) is 0 Å². The standard InChI is InChI=1S/C12H16O5/c1-9-2-3-10(12(14)15)8-11(9)17-7-6-16-5-4-13/h2-3,8,13H,4-7H2,1H3,(H,14,15). The van der Waals surface area contributed by atoms with Crippen LogP contribution in [0, 0.1) is 6.92 Å². The van der Waals surface area contributed by atoms with Crippen molar-refractivity contribution in [2.24, 2.45) is 0 Å². The third kappa shape index (κ3) is 4.42. The molecule has 1 aromatic carbocycles. The average molecular weight is 240 g/mol. The second-order valence-corrected chi connectivity index (χ2v) is 3.47. The molecule has 0 unspecified atom stereocenters. The lowest BCUT2D eigenvalue weighted by atomic mass is 10.1. The predicted octanol–water partition coefficient (Wildman–Crippen LogP) is 1.08. The molecule has 0 radical (unpaired) electrons. The van der Waals surface area contributed by atoms with E-state index >= 15 is 0 Å². The number of benzene rings is 1. The van der Waals surface area contributed by atoms with Gasteiger partial charge in [-0.25, -0.2) is 4.79 Å². The Labute approximate surface area is 99.6 Å². The summed E-state index contributed by atoms with van der Waals surface area (Å²) in [5.41, 5.74) is 1.07. The molecule has 5 heteroatoms. The van der Waals surface area contributed by atoms with Gasteiger partial charge in [-0.2, -0.15) is 0 Å². The van der Waals surface area contributed by atoms with Crippen LogP contribution in [0.5, 0.6) is 5.75 Å². The lowest BCUT2D eigenvalue weighted by Gasteiger charge is -2.09. The van der Waals surface area contributed by atoms with Crippen molar-refractivity contribution < 1.29 is 24.5 Å². The van der Waals surface area contributed by atoms with E-state index in [-0.39, 0.29) is 18.8 Å². The van der Waals surface area contributed by atoms with Gasteiger partial charge in [0, 0.05) is 0 Å². The molecule has 0 amide bonds. The number of aromatic carboxylic acids is 1. The molecule has 0 saturated carbocycles. The van der Waals surface area contributed by atoms with Crippen molar-refractivity contribution in [2.45, 2.75) is 6.92 Å². The van der Waals surface area contributed by atoms with Crippen molar-refractivity contribution in [2.75, 3.05) is 26.4 Å².